The summed E-state index contributed by atoms with van der Waals surface area (Å²) in [5, 5.41) is 25.4. The van der Waals surface area contributed by atoms with Crippen LogP contribution >= 0.6 is 8.15 Å². The molecule has 0 spiro atoms. The molecule has 7 N–H and O–H groups in total. The van der Waals surface area contributed by atoms with Crippen LogP contribution in [0.25, 0.3) is 27.9 Å². The molecule has 0 fully saturated rings. The quantitative estimate of drug-likeness (QED) is 0.0432. The van der Waals surface area contributed by atoms with E-state index in [0.717, 1.165) is 12.8 Å². The van der Waals surface area contributed by atoms with Crippen LogP contribution in [0.15, 0.2) is 87.1 Å². The fourth-order valence-corrected chi connectivity index (χ4v) is 6.02. The van der Waals surface area contributed by atoms with Crippen molar-refractivity contribution < 1.29 is 28.7 Å². The number of carbonyl (C=O) groups excluding carboxylic acids is 1. The van der Waals surface area contributed by atoms with Crippen LogP contribution in [0, 0.1) is 17.5 Å². The van der Waals surface area contributed by atoms with Crippen molar-refractivity contribution in [2.24, 2.45) is 17.0 Å². The number of nitrogens with two attached hydrogens (primary N) is 2. The number of carbonyl (C=O) groups is 2. The standard InChI is InChI=1S/C34H37N4O7P/c1-4-44-46(5-2)30(35)21-38(36)17-8-6-7-16-37-33(43)34(3)15-9-10-24(27(20-34)32(41)42)31-25-13-11-22(39)18-28(25)45-29-19-23(40)12-14-26(29)31/h2,9-15,18-21,39H,4,6-8,16-17,35-36H2,1,3H3,(H,37,43)(H,41,42)/b30-21+. The second kappa shape index (κ2) is 14.9. The fraction of sp³-hybridized carbons (Fsp3) is 0.265. The summed E-state index contributed by atoms with van der Waals surface area (Å²) >= 11 is 0. The maximum absolute atomic E-state index is 13.4. The molecule has 0 saturated carbocycles. The number of carboxylic acid groups (broad SMARTS) is 1. The minimum atomic E-state index is -1.32. The summed E-state index contributed by atoms with van der Waals surface area (Å²) in [6.45, 7) is 4.85. The molecular weight excluding hydrogens is 607 g/mol. The number of aliphatic carboxylic acids is 1. The highest BCUT2D eigenvalue weighted by Crippen LogP contribution is 2.43. The molecule has 0 radical (unpaired) electrons. The number of fused-ring (bicyclic) bond motifs is 2. The zero-order chi connectivity index (χ0) is 33.4. The van der Waals surface area contributed by atoms with E-state index >= 15 is 0 Å². The molecule has 12 heteroatoms. The van der Waals surface area contributed by atoms with Gasteiger partial charge in [-0.05, 0) is 68.6 Å². The zero-order valence-corrected chi connectivity index (χ0v) is 26.6. The number of rotatable bonds is 13. The highest BCUT2D eigenvalue weighted by atomic mass is 31.1. The molecule has 3 aliphatic rings. The Morgan fingerprint density at radius 3 is 2.72 bits per heavy atom. The number of unbranched alkanes of at least 4 members (excludes halogenated alkanes) is 2. The second-order valence-electron chi connectivity index (χ2n) is 10.9. The number of hydrogen-bond acceptors (Lipinski definition) is 9. The van der Waals surface area contributed by atoms with Crippen LogP contribution in [0.5, 0.6) is 5.75 Å². The molecule has 46 heavy (non-hydrogen) atoms. The van der Waals surface area contributed by atoms with Crippen molar-refractivity contribution in [2.45, 2.75) is 33.1 Å². The Hall–Kier alpha value is -4.88. The van der Waals surface area contributed by atoms with Crippen molar-refractivity contribution in [3.63, 3.8) is 0 Å². The summed E-state index contributed by atoms with van der Waals surface area (Å²) in [5.74, 6) is 4.62. The molecule has 1 aromatic carbocycles. The molecule has 4 rings (SSSR count). The monoisotopic (exact) mass is 644 g/mol. The third kappa shape index (κ3) is 7.85. The number of hydrazine groups is 1. The Balaban J connectivity index is 1.48. The average molecular weight is 645 g/mol. The van der Waals surface area contributed by atoms with Crippen LogP contribution < -0.4 is 22.3 Å². The van der Waals surface area contributed by atoms with E-state index in [1.54, 1.807) is 43.5 Å². The number of amides is 1. The molecule has 1 amide bonds. The molecule has 2 atom stereocenters. The third-order valence-electron chi connectivity index (χ3n) is 7.39. The SMILES string of the molecule is C#CP(OCC)/C(N)=C/N(N)CCCCCNC(=O)C1(C)C=CC=C(c2c3ccc(=O)cc-3oc3cc(O)ccc23)C(C(=O)O)=C1. The minimum Gasteiger partial charge on any atom is -0.508 e. The maximum Gasteiger partial charge on any atom is 0.336 e. The number of aromatic hydroxyl groups is 1. The van der Waals surface area contributed by atoms with E-state index in [9.17, 15) is 24.6 Å². The van der Waals surface area contributed by atoms with Crippen molar-refractivity contribution in [2.75, 3.05) is 19.7 Å². The number of terminal acetylenes is 1. The smallest absolute Gasteiger partial charge is 0.336 e. The molecule has 1 heterocycles. The van der Waals surface area contributed by atoms with Crippen LogP contribution in [0.1, 0.15) is 38.7 Å². The van der Waals surface area contributed by atoms with E-state index in [0.29, 0.717) is 53.6 Å². The van der Waals surface area contributed by atoms with Crippen LogP contribution in [0.2, 0.25) is 0 Å². The van der Waals surface area contributed by atoms with E-state index in [1.165, 1.54) is 35.4 Å². The molecule has 0 bridgehead atoms. The van der Waals surface area contributed by atoms with Gasteiger partial charge in [0.25, 0.3) is 0 Å². The second-order valence-corrected chi connectivity index (χ2v) is 12.5. The summed E-state index contributed by atoms with van der Waals surface area (Å²) in [5.41, 5.74) is 8.90. The summed E-state index contributed by atoms with van der Waals surface area (Å²) in [6, 6.07) is 8.76. The number of nitrogens with one attached hydrogen (secondary N) is 1. The molecule has 0 aromatic heterocycles. The van der Waals surface area contributed by atoms with Crippen LogP contribution in [0.3, 0.4) is 0 Å². The van der Waals surface area contributed by atoms with Gasteiger partial charge >= 0.3 is 5.97 Å². The molecule has 1 aliphatic heterocycles. The van der Waals surface area contributed by atoms with Gasteiger partial charge in [-0.2, -0.15) is 0 Å². The van der Waals surface area contributed by atoms with E-state index in [4.69, 9.17) is 26.9 Å². The van der Waals surface area contributed by atoms with Crippen molar-refractivity contribution in [3.05, 3.63) is 93.7 Å². The zero-order valence-electron chi connectivity index (χ0n) is 25.7. The van der Waals surface area contributed by atoms with E-state index in [2.05, 4.69) is 11.0 Å². The molecule has 240 valence electrons. The van der Waals surface area contributed by atoms with Crippen LogP contribution in [-0.2, 0) is 14.1 Å². The number of benzene rings is 2. The summed E-state index contributed by atoms with van der Waals surface area (Å²) in [4.78, 5) is 38.2. The van der Waals surface area contributed by atoms with Gasteiger partial charge in [0.1, 0.15) is 17.1 Å². The fourth-order valence-electron chi connectivity index (χ4n) is 5.14. The van der Waals surface area contributed by atoms with Gasteiger partial charge in [0.05, 0.1) is 16.4 Å². The lowest BCUT2D eigenvalue weighted by Gasteiger charge is -2.22. The summed E-state index contributed by atoms with van der Waals surface area (Å²) in [7, 11) is -1.32. The van der Waals surface area contributed by atoms with Crippen molar-refractivity contribution >= 4 is 36.6 Å². The summed E-state index contributed by atoms with van der Waals surface area (Å²) < 4.78 is 11.3. The van der Waals surface area contributed by atoms with Gasteiger partial charge in [-0.25, -0.2) is 10.6 Å². The highest BCUT2D eigenvalue weighted by molar-refractivity contribution is 7.62. The Bertz CT molecular complexity index is 1820. The third-order valence-corrected chi connectivity index (χ3v) is 8.73. The first-order valence-corrected chi connectivity index (χ1v) is 16.0. The Labute approximate surface area is 268 Å². The molecule has 0 saturated heterocycles. The van der Waals surface area contributed by atoms with Gasteiger partial charge in [0, 0.05) is 54.5 Å². The number of carboxylic acids is 1. The molecule has 2 unspecified atom stereocenters. The number of hydrogen-bond donors (Lipinski definition) is 5. The molecule has 2 aliphatic carbocycles. The Kier molecular flexibility index (Phi) is 11.0. The number of allylic oxidation sites excluding steroid dienone is 2. The predicted octanol–water partition coefficient (Wildman–Crippen LogP) is 4.82. The van der Waals surface area contributed by atoms with Gasteiger partial charge < -0.3 is 35.2 Å². The first-order valence-electron chi connectivity index (χ1n) is 14.7. The van der Waals surface area contributed by atoms with Gasteiger partial charge in [-0.1, -0.05) is 24.3 Å². The lowest BCUT2D eigenvalue weighted by molar-refractivity contribution is -0.132. The first kappa shape index (κ1) is 34.0. The largest absolute Gasteiger partial charge is 0.508 e. The predicted molar refractivity (Wildman–Crippen MR) is 179 cm³/mol. The number of phenolic OH excluding ortho intramolecular Hbond substituents is 1. The van der Waals surface area contributed by atoms with Crippen molar-refractivity contribution in [3.8, 4) is 29.2 Å². The normalized spacial score (nSPS) is 17.1. The molecule has 1 aromatic rings. The van der Waals surface area contributed by atoms with Gasteiger partial charge in [0.2, 0.25) is 5.91 Å². The summed E-state index contributed by atoms with van der Waals surface area (Å²) in [6.07, 6.45) is 15.6. The lowest BCUT2D eigenvalue weighted by Crippen LogP contribution is -2.37. The molecule has 11 nitrogen and oxygen atoms in total. The highest BCUT2D eigenvalue weighted by Gasteiger charge is 2.33. The van der Waals surface area contributed by atoms with Crippen molar-refractivity contribution in [1.82, 2.24) is 10.3 Å². The van der Waals surface area contributed by atoms with Crippen LogP contribution in [-0.4, -0.2) is 46.8 Å². The van der Waals surface area contributed by atoms with E-state index < -0.39 is 19.5 Å². The number of phenols is 1. The maximum atomic E-state index is 13.4. The average Bonchev–Trinajstić information content (AvgIpc) is 3.19. The Morgan fingerprint density at radius 1 is 1.22 bits per heavy atom. The van der Waals surface area contributed by atoms with Gasteiger partial charge in [0.15, 0.2) is 13.6 Å². The Morgan fingerprint density at radius 2 is 2.00 bits per heavy atom. The van der Waals surface area contributed by atoms with Crippen molar-refractivity contribution in [1.29, 1.82) is 0 Å². The lowest BCUT2D eigenvalue weighted by atomic mass is 9.84. The van der Waals surface area contributed by atoms with E-state index in [1.807, 2.05) is 6.92 Å². The molecular formula is C34H37N4O7P. The van der Waals surface area contributed by atoms with Gasteiger partial charge in [-0.15, -0.1) is 6.42 Å². The topological polar surface area (TPSA) is 181 Å². The minimum absolute atomic E-state index is 0.0499. The van der Waals surface area contributed by atoms with Crippen LogP contribution in [0.4, 0.5) is 0 Å². The first-order chi connectivity index (χ1) is 22.0. The number of nitrogens with zero attached hydrogens (tertiary/aromatic N) is 1. The van der Waals surface area contributed by atoms with E-state index in [-0.39, 0.29) is 34.0 Å². The van der Waals surface area contributed by atoms with Gasteiger partial charge in [-0.3, -0.25) is 9.59 Å².